The smallest absolute Gasteiger partial charge is 0.0809 e. The van der Waals surface area contributed by atoms with Gasteiger partial charge < -0.3 is 14.8 Å². The summed E-state index contributed by atoms with van der Waals surface area (Å²) in [7, 11) is 0. The highest BCUT2D eigenvalue weighted by atomic mass is 16.5. The van der Waals surface area contributed by atoms with Crippen LogP contribution >= 0.6 is 0 Å². The summed E-state index contributed by atoms with van der Waals surface area (Å²) < 4.78 is 11.7. The van der Waals surface area contributed by atoms with Gasteiger partial charge in [-0.15, -0.1) is 0 Å². The Morgan fingerprint density at radius 1 is 1.39 bits per heavy atom. The maximum Gasteiger partial charge on any atom is 0.0809 e. The summed E-state index contributed by atoms with van der Waals surface area (Å²) in [5.74, 6) is 0. The largest absolute Gasteiger partial charge is 0.376 e. The summed E-state index contributed by atoms with van der Waals surface area (Å²) in [5, 5.41) is 3.66. The summed E-state index contributed by atoms with van der Waals surface area (Å²) in [6, 6.07) is 0.636. The molecule has 3 heteroatoms. The van der Waals surface area contributed by atoms with Crippen LogP contribution in [0.4, 0.5) is 0 Å². The van der Waals surface area contributed by atoms with E-state index in [1.54, 1.807) is 0 Å². The molecule has 1 aliphatic heterocycles. The van der Waals surface area contributed by atoms with Crippen molar-refractivity contribution in [3.8, 4) is 0 Å². The van der Waals surface area contributed by atoms with Crippen molar-refractivity contribution in [3.05, 3.63) is 0 Å². The summed E-state index contributed by atoms with van der Waals surface area (Å²) in [5.41, 5.74) is 0.313. The molecule has 0 aromatic carbocycles. The van der Waals surface area contributed by atoms with Crippen molar-refractivity contribution in [2.45, 2.75) is 71.1 Å². The first kappa shape index (κ1) is 14.3. The Labute approximate surface area is 112 Å². The van der Waals surface area contributed by atoms with Crippen molar-refractivity contribution >= 4 is 0 Å². The predicted molar refractivity (Wildman–Crippen MR) is 73.8 cm³/mol. The maximum absolute atomic E-state index is 6.11. The first-order valence-corrected chi connectivity index (χ1v) is 7.67. The number of ether oxygens (including phenoxy) is 2. The van der Waals surface area contributed by atoms with Crippen molar-refractivity contribution in [3.63, 3.8) is 0 Å². The lowest BCUT2D eigenvalue weighted by molar-refractivity contribution is -0.145. The normalized spacial score (nSPS) is 39.8. The molecule has 4 atom stereocenters. The number of nitrogens with one attached hydrogen (secondary N) is 1. The van der Waals surface area contributed by atoms with Crippen LogP contribution in [0.1, 0.15) is 52.9 Å². The highest BCUT2D eigenvalue weighted by Crippen LogP contribution is 2.46. The molecule has 106 valence electrons. The van der Waals surface area contributed by atoms with E-state index in [2.05, 4.69) is 26.1 Å². The van der Waals surface area contributed by atoms with Gasteiger partial charge in [0.15, 0.2) is 0 Å². The van der Waals surface area contributed by atoms with Crippen LogP contribution in [0, 0.1) is 5.41 Å². The zero-order chi connectivity index (χ0) is 13.0. The molecular weight excluding hydrogens is 226 g/mol. The lowest BCUT2D eigenvalue weighted by atomic mass is 9.61. The van der Waals surface area contributed by atoms with Crippen molar-refractivity contribution in [2.24, 2.45) is 5.41 Å². The fourth-order valence-electron chi connectivity index (χ4n) is 3.18. The number of hydrogen-bond donors (Lipinski definition) is 1. The van der Waals surface area contributed by atoms with Crippen molar-refractivity contribution in [1.82, 2.24) is 5.32 Å². The fourth-order valence-corrected chi connectivity index (χ4v) is 3.18. The van der Waals surface area contributed by atoms with Crippen molar-refractivity contribution < 1.29 is 9.47 Å². The van der Waals surface area contributed by atoms with Crippen LogP contribution < -0.4 is 5.32 Å². The van der Waals surface area contributed by atoms with E-state index < -0.39 is 0 Å². The highest BCUT2D eigenvalue weighted by Gasteiger charge is 2.50. The second kappa shape index (κ2) is 6.36. The Morgan fingerprint density at radius 3 is 2.83 bits per heavy atom. The molecule has 2 fully saturated rings. The summed E-state index contributed by atoms with van der Waals surface area (Å²) in [4.78, 5) is 0. The quantitative estimate of drug-likeness (QED) is 0.759. The van der Waals surface area contributed by atoms with Gasteiger partial charge in [0, 0.05) is 18.1 Å². The molecule has 0 bridgehead atoms. The summed E-state index contributed by atoms with van der Waals surface area (Å²) >= 11 is 0. The van der Waals surface area contributed by atoms with E-state index in [9.17, 15) is 0 Å². The third-order valence-electron chi connectivity index (χ3n) is 4.89. The zero-order valence-electron chi connectivity index (χ0n) is 12.2. The maximum atomic E-state index is 6.11. The van der Waals surface area contributed by atoms with E-state index in [1.165, 1.54) is 25.7 Å². The van der Waals surface area contributed by atoms with Gasteiger partial charge in [0.05, 0.1) is 18.8 Å². The number of rotatable bonds is 7. The molecule has 1 N–H and O–H groups in total. The predicted octanol–water partition coefficient (Wildman–Crippen LogP) is 2.74. The SMILES string of the molecule is CCCNC1CC(OCC2CCCO2)C1(C)CC. The van der Waals surface area contributed by atoms with Gasteiger partial charge in [0.1, 0.15) is 0 Å². The Kier molecular flexibility index (Phi) is 5.05. The van der Waals surface area contributed by atoms with Gasteiger partial charge in [-0.05, 0) is 38.6 Å². The average Bonchev–Trinajstić information content (AvgIpc) is 2.89. The second-order valence-electron chi connectivity index (χ2n) is 6.06. The Bertz CT molecular complexity index is 253. The van der Waals surface area contributed by atoms with Gasteiger partial charge in [-0.3, -0.25) is 0 Å². The van der Waals surface area contributed by atoms with E-state index in [0.29, 0.717) is 23.7 Å². The molecule has 1 aliphatic carbocycles. The van der Waals surface area contributed by atoms with Crippen LogP contribution in [0.2, 0.25) is 0 Å². The van der Waals surface area contributed by atoms with Crippen molar-refractivity contribution in [1.29, 1.82) is 0 Å². The summed E-state index contributed by atoms with van der Waals surface area (Å²) in [6.45, 7) is 9.70. The molecule has 1 heterocycles. The third kappa shape index (κ3) is 2.89. The van der Waals surface area contributed by atoms with Crippen LogP contribution in [0.3, 0.4) is 0 Å². The zero-order valence-corrected chi connectivity index (χ0v) is 12.2. The second-order valence-corrected chi connectivity index (χ2v) is 6.06. The minimum atomic E-state index is 0.313. The molecule has 1 saturated heterocycles. The molecule has 2 rings (SSSR count). The van der Waals surface area contributed by atoms with E-state index >= 15 is 0 Å². The van der Waals surface area contributed by atoms with Crippen LogP contribution in [-0.2, 0) is 9.47 Å². The molecule has 3 nitrogen and oxygen atoms in total. The van der Waals surface area contributed by atoms with E-state index in [-0.39, 0.29) is 0 Å². The molecule has 18 heavy (non-hydrogen) atoms. The van der Waals surface area contributed by atoms with E-state index in [0.717, 1.165) is 26.2 Å². The molecule has 0 aromatic heterocycles. The van der Waals surface area contributed by atoms with E-state index in [1.807, 2.05) is 0 Å². The third-order valence-corrected chi connectivity index (χ3v) is 4.89. The molecule has 0 amide bonds. The Hall–Kier alpha value is -0.120. The van der Waals surface area contributed by atoms with Crippen molar-refractivity contribution in [2.75, 3.05) is 19.8 Å². The van der Waals surface area contributed by atoms with E-state index in [4.69, 9.17) is 9.47 Å². The molecular formula is C15H29NO2. The van der Waals surface area contributed by atoms with Gasteiger partial charge in [-0.25, -0.2) is 0 Å². The lowest BCUT2D eigenvalue weighted by Crippen LogP contribution is -2.62. The topological polar surface area (TPSA) is 30.5 Å². The van der Waals surface area contributed by atoms with Gasteiger partial charge in [-0.2, -0.15) is 0 Å². The van der Waals surface area contributed by atoms with Crippen LogP contribution in [0.5, 0.6) is 0 Å². The lowest BCUT2D eigenvalue weighted by Gasteiger charge is -2.54. The monoisotopic (exact) mass is 255 g/mol. The standard InChI is InChI=1S/C15H29NO2/c1-4-8-16-13-10-14(15(13,3)5-2)18-11-12-7-6-9-17-12/h12-14,16H,4-11H2,1-3H3. The summed E-state index contributed by atoms with van der Waals surface area (Å²) in [6.07, 6.45) is 6.70. The molecule has 4 unspecified atom stereocenters. The molecule has 2 aliphatic rings. The minimum absolute atomic E-state index is 0.313. The Balaban J connectivity index is 1.75. The van der Waals surface area contributed by atoms with Gasteiger partial charge in [0.2, 0.25) is 0 Å². The average molecular weight is 255 g/mol. The van der Waals surface area contributed by atoms with Gasteiger partial charge in [0.25, 0.3) is 0 Å². The molecule has 1 saturated carbocycles. The fraction of sp³-hybridized carbons (Fsp3) is 1.00. The minimum Gasteiger partial charge on any atom is -0.376 e. The first-order valence-electron chi connectivity index (χ1n) is 7.67. The van der Waals surface area contributed by atoms with Crippen LogP contribution in [-0.4, -0.2) is 38.0 Å². The molecule has 0 radical (unpaired) electrons. The first-order chi connectivity index (χ1) is 8.70. The number of hydrogen-bond acceptors (Lipinski definition) is 3. The molecule has 0 spiro atoms. The van der Waals surface area contributed by atoms with Crippen LogP contribution in [0.25, 0.3) is 0 Å². The van der Waals surface area contributed by atoms with Gasteiger partial charge in [-0.1, -0.05) is 20.8 Å². The van der Waals surface area contributed by atoms with Crippen LogP contribution in [0.15, 0.2) is 0 Å². The molecule has 0 aromatic rings. The Morgan fingerprint density at radius 2 is 2.22 bits per heavy atom. The highest BCUT2D eigenvalue weighted by molar-refractivity contribution is 5.04. The van der Waals surface area contributed by atoms with Gasteiger partial charge >= 0.3 is 0 Å².